The Kier molecular flexibility index (Phi) is 4.51. The molecule has 5 heteroatoms. The van der Waals surface area contributed by atoms with Gasteiger partial charge in [0.15, 0.2) is 0 Å². The lowest BCUT2D eigenvalue weighted by Gasteiger charge is -2.30. The Hall–Kier alpha value is -0.750. The van der Waals surface area contributed by atoms with E-state index in [0.717, 1.165) is 38.2 Å². The van der Waals surface area contributed by atoms with Crippen molar-refractivity contribution in [3.63, 3.8) is 0 Å². The number of nitrogens with zero attached hydrogens (tertiary/aromatic N) is 2. The lowest BCUT2D eigenvalue weighted by molar-refractivity contribution is -0.0447. The third-order valence-corrected chi connectivity index (χ3v) is 5.19. The Labute approximate surface area is 124 Å². The van der Waals surface area contributed by atoms with Crippen LogP contribution in [0.1, 0.15) is 23.4 Å². The minimum Gasteiger partial charge on any atom is -0.374 e. The second-order valence-corrected chi connectivity index (χ2v) is 6.41. The second kappa shape index (κ2) is 6.35. The minimum atomic E-state index is 0.184. The van der Waals surface area contributed by atoms with Crippen LogP contribution in [0.3, 0.4) is 0 Å². The predicted molar refractivity (Wildman–Crippen MR) is 80.0 cm³/mol. The molecule has 0 unspecified atom stereocenters. The van der Waals surface area contributed by atoms with Crippen molar-refractivity contribution in [3.05, 3.63) is 28.7 Å². The maximum absolute atomic E-state index is 5.98. The van der Waals surface area contributed by atoms with Gasteiger partial charge in [-0.25, -0.2) is 4.98 Å². The maximum atomic E-state index is 5.98. The van der Waals surface area contributed by atoms with Crippen LogP contribution in [-0.4, -0.2) is 47.9 Å². The van der Waals surface area contributed by atoms with Gasteiger partial charge in [0, 0.05) is 24.0 Å². The van der Waals surface area contributed by atoms with Gasteiger partial charge < -0.3 is 9.47 Å². The number of aromatic nitrogens is 1. The molecule has 1 aliphatic carbocycles. The van der Waals surface area contributed by atoms with E-state index in [0.29, 0.717) is 12.6 Å². The topological polar surface area (TPSA) is 34.6 Å². The molecule has 20 heavy (non-hydrogen) atoms. The molecule has 110 valence electrons. The summed E-state index contributed by atoms with van der Waals surface area (Å²) in [7, 11) is 0. The Morgan fingerprint density at radius 3 is 3.25 bits per heavy atom. The van der Waals surface area contributed by atoms with Gasteiger partial charge in [-0.1, -0.05) is 6.08 Å². The number of rotatable bonds is 5. The van der Waals surface area contributed by atoms with Gasteiger partial charge >= 0.3 is 0 Å². The van der Waals surface area contributed by atoms with E-state index in [9.17, 15) is 0 Å². The molecular formula is C15H22N2O2S. The zero-order valence-corrected chi connectivity index (χ0v) is 12.8. The molecule has 4 nitrogen and oxygen atoms in total. The van der Waals surface area contributed by atoms with E-state index < -0.39 is 0 Å². The SMILES string of the molecule is C=CCO[C@@H]1[C@H]2CC[C@H]1OCCN2Cc1scnc1C. The second-order valence-electron chi connectivity index (χ2n) is 5.47. The number of hydrogen-bond acceptors (Lipinski definition) is 5. The van der Waals surface area contributed by atoms with Crippen molar-refractivity contribution in [2.75, 3.05) is 19.8 Å². The molecule has 0 amide bonds. The lowest BCUT2D eigenvalue weighted by Crippen LogP contribution is -2.42. The Morgan fingerprint density at radius 1 is 1.60 bits per heavy atom. The van der Waals surface area contributed by atoms with Crippen LogP contribution in [0.25, 0.3) is 0 Å². The van der Waals surface area contributed by atoms with Crippen molar-refractivity contribution in [2.24, 2.45) is 0 Å². The lowest BCUT2D eigenvalue weighted by atomic mass is 10.1. The van der Waals surface area contributed by atoms with Gasteiger partial charge in [-0.3, -0.25) is 4.90 Å². The van der Waals surface area contributed by atoms with Gasteiger partial charge in [-0.15, -0.1) is 17.9 Å². The number of aryl methyl sites for hydroxylation is 1. The maximum Gasteiger partial charge on any atom is 0.0995 e. The largest absolute Gasteiger partial charge is 0.374 e. The van der Waals surface area contributed by atoms with Crippen LogP contribution in [0.2, 0.25) is 0 Å². The van der Waals surface area contributed by atoms with Crippen LogP contribution in [0, 0.1) is 6.92 Å². The first kappa shape index (κ1) is 14.2. The molecule has 1 aromatic heterocycles. The van der Waals surface area contributed by atoms with E-state index in [2.05, 4.69) is 23.4 Å². The molecule has 1 aromatic rings. The Bertz CT molecular complexity index is 462. The smallest absolute Gasteiger partial charge is 0.0995 e. The molecule has 3 rings (SSSR count). The standard InChI is InChI=1S/C15H22N2O2S/c1-3-7-19-15-12-4-5-13(15)18-8-6-17(12)9-14-11(2)16-10-20-14/h3,10,12-13,15H,1,4-9H2,2H3/t12-,13-,15-/m1/s1. The molecular weight excluding hydrogens is 272 g/mol. The molecule has 1 aliphatic heterocycles. The van der Waals surface area contributed by atoms with Gasteiger partial charge in [0.05, 0.1) is 36.6 Å². The fourth-order valence-corrected chi connectivity index (χ4v) is 4.03. The van der Waals surface area contributed by atoms with Gasteiger partial charge in [0.1, 0.15) is 0 Å². The normalized spacial score (nSPS) is 30.4. The average Bonchev–Trinajstić information content (AvgIpc) is 2.96. The summed E-state index contributed by atoms with van der Waals surface area (Å²) in [6, 6.07) is 0.462. The zero-order valence-electron chi connectivity index (χ0n) is 12.0. The fraction of sp³-hybridized carbons (Fsp3) is 0.667. The van der Waals surface area contributed by atoms with E-state index in [-0.39, 0.29) is 12.2 Å². The summed E-state index contributed by atoms with van der Waals surface area (Å²) >= 11 is 1.74. The molecule has 2 fully saturated rings. The van der Waals surface area contributed by atoms with E-state index in [1.165, 1.54) is 4.88 Å². The predicted octanol–water partition coefficient (Wildman–Crippen LogP) is 2.39. The molecule has 3 atom stereocenters. The molecule has 1 saturated heterocycles. The molecule has 1 saturated carbocycles. The summed E-state index contributed by atoms with van der Waals surface area (Å²) in [5, 5.41) is 0. The molecule has 0 N–H and O–H groups in total. The highest BCUT2D eigenvalue weighted by molar-refractivity contribution is 7.09. The monoisotopic (exact) mass is 294 g/mol. The zero-order chi connectivity index (χ0) is 13.9. The molecule has 0 radical (unpaired) electrons. The molecule has 2 aliphatic rings. The van der Waals surface area contributed by atoms with Crippen LogP contribution in [0.15, 0.2) is 18.2 Å². The molecule has 2 heterocycles. The van der Waals surface area contributed by atoms with Crippen molar-refractivity contribution < 1.29 is 9.47 Å². The molecule has 2 bridgehead atoms. The van der Waals surface area contributed by atoms with Crippen molar-refractivity contribution in [1.82, 2.24) is 9.88 Å². The van der Waals surface area contributed by atoms with E-state index in [1.54, 1.807) is 11.3 Å². The Morgan fingerprint density at radius 2 is 2.50 bits per heavy atom. The van der Waals surface area contributed by atoms with E-state index in [1.807, 2.05) is 11.6 Å². The number of ether oxygens (including phenoxy) is 2. The summed E-state index contributed by atoms with van der Waals surface area (Å²) in [5.41, 5.74) is 3.08. The molecule has 0 spiro atoms. The molecule has 0 aromatic carbocycles. The van der Waals surface area contributed by atoms with Crippen molar-refractivity contribution in [2.45, 2.75) is 44.6 Å². The highest BCUT2D eigenvalue weighted by Gasteiger charge is 2.42. The third-order valence-electron chi connectivity index (χ3n) is 4.27. The van der Waals surface area contributed by atoms with E-state index >= 15 is 0 Å². The van der Waals surface area contributed by atoms with Crippen LogP contribution in [0.5, 0.6) is 0 Å². The van der Waals surface area contributed by atoms with Gasteiger partial charge in [0.2, 0.25) is 0 Å². The summed E-state index contributed by atoms with van der Waals surface area (Å²) in [4.78, 5) is 8.23. The highest BCUT2D eigenvalue weighted by Crippen LogP contribution is 2.33. The van der Waals surface area contributed by atoms with Gasteiger partial charge in [-0.2, -0.15) is 0 Å². The first-order valence-corrected chi connectivity index (χ1v) is 8.14. The van der Waals surface area contributed by atoms with Crippen LogP contribution in [0.4, 0.5) is 0 Å². The number of hydrogen-bond donors (Lipinski definition) is 0. The number of fused-ring (bicyclic) bond motifs is 2. The summed E-state index contributed by atoms with van der Waals surface area (Å²) in [6.07, 6.45) is 4.52. The summed E-state index contributed by atoms with van der Waals surface area (Å²) < 4.78 is 12.0. The quantitative estimate of drug-likeness (QED) is 0.781. The average molecular weight is 294 g/mol. The van der Waals surface area contributed by atoms with Gasteiger partial charge in [0.25, 0.3) is 0 Å². The summed E-state index contributed by atoms with van der Waals surface area (Å²) in [6.45, 7) is 9.18. The van der Waals surface area contributed by atoms with Crippen molar-refractivity contribution in [1.29, 1.82) is 0 Å². The van der Waals surface area contributed by atoms with E-state index in [4.69, 9.17) is 9.47 Å². The summed E-state index contributed by atoms with van der Waals surface area (Å²) in [5.74, 6) is 0. The third kappa shape index (κ3) is 2.81. The number of thiazole rings is 1. The first-order chi connectivity index (χ1) is 9.79. The van der Waals surface area contributed by atoms with Gasteiger partial charge in [-0.05, 0) is 19.8 Å². The fourth-order valence-electron chi connectivity index (χ4n) is 3.22. The van der Waals surface area contributed by atoms with Crippen molar-refractivity contribution in [3.8, 4) is 0 Å². The minimum absolute atomic E-state index is 0.184. The highest BCUT2D eigenvalue weighted by atomic mass is 32.1. The van der Waals surface area contributed by atoms with Crippen molar-refractivity contribution >= 4 is 11.3 Å². The van der Waals surface area contributed by atoms with Crippen LogP contribution < -0.4 is 0 Å². The Balaban J connectivity index is 1.73. The van der Waals surface area contributed by atoms with Crippen LogP contribution in [-0.2, 0) is 16.0 Å². The van der Waals surface area contributed by atoms with Crippen LogP contribution >= 0.6 is 11.3 Å². The first-order valence-electron chi connectivity index (χ1n) is 7.26.